The van der Waals surface area contributed by atoms with Crippen LogP contribution >= 0.6 is 0 Å². The van der Waals surface area contributed by atoms with Gasteiger partial charge in [0.25, 0.3) is 0 Å². The Bertz CT molecular complexity index is 214. The number of alkyl halides is 3. The van der Waals surface area contributed by atoms with E-state index in [0.29, 0.717) is 0 Å². The van der Waals surface area contributed by atoms with E-state index < -0.39 is 11.7 Å². The molecular formula is C9H11F3. The van der Waals surface area contributed by atoms with Gasteiger partial charge in [0.2, 0.25) is 0 Å². The van der Waals surface area contributed by atoms with Crippen molar-refractivity contribution in [3.8, 4) is 0 Å². The highest BCUT2D eigenvalue weighted by atomic mass is 19.4. The van der Waals surface area contributed by atoms with Gasteiger partial charge in [-0.3, -0.25) is 0 Å². The van der Waals surface area contributed by atoms with Crippen molar-refractivity contribution in [1.29, 1.82) is 0 Å². The molecule has 0 unspecified atom stereocenters. The quantitative estimate of drug-likeness (QED) is 0.563. The first-order chi connectivity index (χ1) is 5.39. The molecule has 0 aromatic heterocycles. The van der Waals surface area contributed by atoms with Gasteiger partial charge in [0, 0.05) is 0 Å². The lowest BCUT2D eigenvalue weighted by atomic mass is 10.1. The zero-order valence-electron chi connectivity index (χ0n) is 7.07. The van der Waals surface area contributed by atoms with Gasteiger partial charge in [0.1, 0.15) is 0 Å². The molecule has 0 aromatic carbocycles. The van der Waals surface area contributed by atoms with Gasteiger partial charge in [0.05, 0.1) is 5.57 Å². The summed E-state index contributed by atoms with van der Waals surface area (Å²) in [5.41, 5.74) is -0.358. The topological polar surface area (TPSA) is 0 Å². The van der Waals surface area contributed by atoms with E-state index in [1.165, 1.54) is 26.0 Å². The van der Waals surface area contributed by atoms with Gasteiger partial charge in [-0.2, -0.15) is 13.2 Å². The van der Waals surface area contributed by atoms with Crippen molar-refractivity contribution < 1.29 is 13.2 Å². The molecule has 0 amide bonds. The van der Waals surface area contributed by atoms with Crippen LogP contribution in [-0.4, -0.2) is 6.18 Å². The van der Waals surface area contributed by atoms with E-state index in [1.54, 1.807) is 0 Å². The van der Waals surface area contributed by atoms with E-state index >= 15 is 0 Å². The SMILES string of the molecule is C=C/C=C\C(=C(C)C)C(F)(F)F. The van der Waals surface area contributed by atoms with Crippen molar-refractivity contribution in [2.75, 3.05) is 0 Å². The molecule has 3 heteroatoms. The second-order valence-electron chi connectivity index (χ2n) is 2.51. The zero-order chi connectivity index (χ0) is 9.78. The molecule has 0 atom stereocenters. The van der Waals surface area contributed by atoms with E-state index in [1.807, 2.05) is 0 Å². The lowest BCUT2D eigenvalue weighted by Crippen LogP contribution is -2.11. The van der Waals surface area contributed by atoms with Gasteiger partial charge in [-0.05, 0) is 13.8 Å². The Balaban J connectivity index is 4.84. The third-order valence-electron chi connectivity index (χ3n) is 1.24. The molecular weight excluding hydrogens is 165 g/mol. The summed E-state index contributed by atoms with van der Waals surface area (Å²) >= 11 is 0. The molecule has 0 aromatic rings. The predicted molar refractivity (Wildman–Crippen MR) is 43.8 cm³/mol. The summed E-state index contributed by atoms with van der Waals surface area (Å²) in [5, 5.41) is 0. The molecule has 0 saturated carbocycles. The molecule has 0 rings (SSSR count). The Labute approximate surface area is 70.1 Å². The van der Waals surface area contributed by atoms with Crippen LogP contribution in [0.15, 0.2) is 36.0 Å². The van der Waals surface area contributed by atoms with Crippen molar-refractivity contribution >= 4 is 0 Å². The Morgan fingerprint density at radius 3 is 2.00 bits per heavy atom. The van der Waals surface area contributed by atoms with E-state index in [0.717, 1.165) is 6.08 Å². The van der Waals surface area contributed by atoms with Crippen LogP contribution in [0.25, 0.3) is 0 Å². The summed E-state index contributed by atoms with van der Waals surface area (Å²) in [6.07, 6.45) is -0.662. The summed E-state index contributed by atoms with van der Waals surface area (Å²) in [4.78, 5) is 0. The van der Waals surface area contributed by atoms with Crippen LogP contribution in [0, 0.1) is 0 Å². The number of rotatable bonds is 2. The fraction of sp³-hybridized carbons (Fsp3) is 0.333. The van der Waals surface area contributed by atoms with Crippen molar-refractivity contribution in [2.45, 2.75) is 20.0 Å². The fourth-order valence-corrected chi connectivity index (χ4v) is 0.709. The van der Waals surface area contributed by atoms with E-state index in [-0.39, 0.29) is 5.57 Å². The second kappa shape index (κ2) is 4.14. The summed E-state index contributed by atoms with van der Waals surface area (Å²) in [6.45, 7) is 6.15. The van der Waals surface area contributed by atoms with Gasteiger partial charge < -0.3 is 0 Å². The minimum absolute atomic E-state index is 0.251. The molecule has 0 radical (unpaired) electrons. The van der Waals surface area contributed by atoms with Gasteiger partial charge >= 0.3 is 6.18 Å². The number of hydrogen-bond acceptors (Lipinski definition) is 0. The number of hydrogen-bond donors (Lipinski definition) is 0. The maximum absolute atomic E-state index is 12.2. The minimum Gasteiger partial charge on any atom is -0.166 e. The van der Waals surface area contributed by atoms with Gasteiger partial charge in [-0.1, -0.05) is 30.4 Å². The van der Waals surface area contributed by atoms with Crippen LogP contribution in [0.5, 0.6) is 0 Å². The minimum atomic E-state index is -4.27. The lowest BCUT2D eigenvalue weighted by Gasteiger charge is -2.08. The Morgan fingerprint density at radius 1 is 1.25 bits per heavy atom. The van der Waals surface area contributed by atoms with Gasteiger partial charge in [0.15, 0.2) is 0 Å². The summed E-state index contributed by atoms with van der Waals surface area (Å²) in [6, 6.07) is 0. The average Bonchev–Trinajstić information content (AvgIpc) is 1.84. The number of allylic oxidation sites excluding steroid dienone is 5. The third-order valence-corrected chi connectivity index (χ3v) is 1.24. The molecule has 0 fully saturated rings. The Kier molecular flexibility index (Phi) is 3.80. The van der Waals surface area contributed by atoms with Crippen LogP contribution in [0.4, 0.5) is 13.2 Å². The maximum Gasteiger partial charge on any atom is 0.416 e. The molecule has 68 valence electrons. The van der Waals surface area contributed by atoms with Crippen LogP contribution in [-0.2, 0) is 0 Å². The first kappa shape index (κ1) is 11.0. The number of halogens is 3. The molecule has 0 aliphatic carbocycles. The van der Waals surface area contributed by atoms with Crippen molar-refractivity contribution in [1.82, 2.24) is 0 Å². The van der Waals surface area contributed by atoms with Crippen LogP contribution in [0.3, 0.4) is 0 Å². The van der Waals surface area contributed by atoms with Crippen molar-refractivity contribution in [2.24, 2.45) is 0 Å². The molecule has 0 heterocycles. The standard InChI is InChI=1S/C9H11F3/c1-4-5-6-8(7(2)3)9(10,11)12/h4-6H,1H2,2-3H3/b6-5-. The van der Waals surface area contributed by atoms with Crippen molar-refractivity contribution in [3.05, 3.63) is 36.0 Å². The molecule has 12 heavy (non-hydrogen) atoms. The van der Waals surface area contributed by atoms with Gasteiger partial charge in [-0.25, -0.2) is 0 Å². The lowest BCUT2D eigenvalue weighted by molar-refractivity contribution is -0.0889. The summed E-state index contributed by atoms with van der Waals surface area (Å²) < 4.78 is 36.5. The van der Waals surface area contributed by atoms with Gasteiger partial charge in [-0.15, -0.1) is 0 Å². The zero-order valence-corrected chi connectivity index (χ0v) is 7.07. The summed E-state index contributed by atoms with van der Waals surface area (Å²) in [5.74, 6) is 0. The molecule has 0 aliphatic rings. The molecule has 0 aliphatic heterocycles. The molecule has 0 spiro atoms. The largest absolute Gasteiger partial charge is 0.416 e. The highest BCUT2D eigenvalue weighted by molar-refractivity contribution is 5.29. The smallest absolute Gasteiger partial charge is 0.166 e. The van der Waals surface area contributed by atoms with Crippen molar-refractivity contribution in [3.63, 3.8) is 0 Å². The Hall–Kier alpha value is -0.990. The Morgan fingerprint density at radius 2 is 1.75 bits per heavy atom. The first-order valence-corrected chi connectivity index (χ1v) is 3.43. The first-order valence-electron chi connectivity index (χ1n) is 3.43. The molecule has 0 N–H and O–H groups in total. The fourth-order valence-electron chi connectivity index (χ4n) is 0.709. The van der Waals surface area contributed by atoms with E-state index in [4.69, 9.17) is 0 Å². The predicted octanol–water partition coefficient (Wildman–Crippen LogP) is 3.63. The summed E-state index contributed by atoms with van der Waals surface area (Å²) in [7, 11) is 0. The van der Waals surface area contributed by atoms with E-state index in [9.17, 15) is 13.2 Å². The maximum atomic E-state index is 12.2. The van der Waals surface area contributed by atoms with Crippen LogP contribution in [0.2, 0.25) is 0 Å². The van der Waals surface area contributed by atoms with E-state index in [2.05, 4.69) is 6.58 Å². The normalized spacial score (nSPS) is 11.8. The van der Waals surface area contributed by atoms with Crippen LogP contribution in [0.1, 0.15) is 13.8 Å². The second-order valence-corrected chi connectivity index (χ2v) is 2.51. The average molecular weight is 176 g/mol. The monoisotopic (exact) mass is 176 g/mol. The molecule has 0 saturated heterocycles. The molecule has 0 bridgehead atoms. The third kappa shape index (κ3) is 3.42. The molecule has 0 nitrogen and oxygen atoms in total. The van der Waals surface area contributed by atoms with Crippen LogP contribution < -0.4 is 0 Å². The highest BCUT2D eigenvalue weighted by Crippen LogP contribution is 2.28. The highest BCUT2D eigenvalue weighted by Gasteiger charge is 2.32.